The summed E-state index contributed by atoms with van der Waals surface area (Å²) in [5.74, 6) is 1.76. The second-order valence-electron chi connectivity index (χ2n) is 11.4. The minimum Gasteiger partial charge on any atom is -0.338 e. The van der Waals surface area contributed by atoms with Crippen molar-refractivity contribution in [1.29, 1.82) is 0 Å². The molecular formula is C28H39N5O3S. The molecule has 3 unspecified atom stereocenters. The van der Waals surface area contributed by atoms with Gasteiger partial charge in [-0.1, -0.05) is 30.3 Å². The van der Waals surface area contributed by atoms with Gasteiger partial charge in [0, 0.05) is 39.3 Å². The summed E-state index contributed by atoms with van der Waals surface area (Å²) in [6.07, 6.45) is 2.54. The van der Waals surface area contributed by atoms with Crippen LogP contribution in [0.5, 0.6) is 0 Å². The Morgan fingerprint density at radius 3 is 2.11 bits per heavy atom. The van der Waals surface area contributed by atoms with E-state index in [2.05, 4.69) is 39.1 Å². The molecule has 1 amide bonds. The van der Waals surface area contributed by atoms with Crippen molar-refractivity contribution in [2.24, 2.45) is 17.8 Å². The minimum absolute atomic E-state index is 0.0616. The Kier molecular flexibility index (Phi) is 7.40. The molecular weight excluding hydrogens is 486 g/mol. The number of amides is 1. The quantitative estimate of drug-likeness (QED) is 0.527. The topological polar surface area (TPSA) is 86.7 Å². The van der Waals surface area contributed by atoms with Crippen LogP contribution in [0, 0.1) is 31.6 Å². The molecule has 4 heterocycles. The molecule has 9 heteroatoms. The van der Waals surface area contributed by atoms with Crippen molar-refractivity contribution < 1.29 is 13.2 Å². The molecule has 5 rings (SSSR count). The first kappa shape index (κ1) is 26.3. The largest absolute Gasteiger partial charge is 0.338 e. The highest BCUT2D eigenvalue weighted by atomic mass is 32.2. The first-order chi connectivity index (χ1) is 17.6. The van der Waals surface area contributed by atoms with Crippen molar-refractivity contribution in [1.82, 2.24) is 24.1 Å². The number of rotatable bonds is 8. The van der Waals surface area contributed by atoms with Crippen LogP contribution < -0.4 is 0 Å². The minimum atomic E-state index is -3.18. The van der Waals surface area contributed by atoms with Gasteiger partial charge in [0.1, 0.15) is 6.33 Å². The fourth-order valence-electron chi connectivity index (χ4n) is 6.43. The third kappa shape index (κ3) is 5.18. The Balaban J connectivity index is 1.18. The molecule has 3 fully saturated rings. The molecule has 37 heavy (non-hydrogen) atoms. The van der Waals surface area contributed by atoms with Crippen LogP contribution in [0.25, 0.3) is 0 Å². The Morgan fingerprint density at radius 2 is 1.54 bits per heavy atom. The van der Waals surface area contributed by atoms with Gasteiger partial charge in [0.25, 0.3) is 5.91 Å². The Labute approximate surface area is 221 Å². The highest BCUT2D eigenvalue weighted by Gasteiger charge is 2.44. The number of aromatic nitrogens is 2. The molecule has 0 spiro atoms. The molecule has 1 aromatic heterocycles. The van der Waals surface area contributed by atoms with Gasteiger partial charge in [-0.2, -0.15) is 0 Å². The van der Waals surface area contributed by atoms with Crippen LogP contribution in [-0.4, -0.2) is 89.5 Å². The Bertz CT molecular complexity index is 1200. The predicted molar refractivity (Wildman–Crippen MR) is 144 cm³/mol. The van der Waals surface area contributed by atoms with Gasteiger partial charge in [0.05, 0.1) is 22.2 Å². The number of carbonyl (C=O) groups is 1. The zero-order valence-electron chi connectivity index (χ0n) is 22.4. The highest BCUT2D eigenvalue weighted by Crippen LogP contribution is 2.38. The van der Waals surface area contributed by atoms with Gasteiger partial charge >= 0.3 is 0 Å². The molecule has 3 aliphatic rings. The first-order valence-electron chi connectivity index (χ1n) is 13.5. The summed E-state index contributed by atoms with van der Waals surface area (Å²) in [7, 11) is -3.18. The van der Waals surface area contributed by atoms with Gasteiger partial charge in [-0.3, -0.25) is 4.79 Å². The van der Waals surface area contributed by atoms with E-state index in [1.54, 1.807) is 18.2 Å². The van der Waals surface area contributed by atoms with Crippen LogP contribution in [-0.2, 0) is 10.0 Å². The van der Waals surface area contributed by atoms with E-state index in [-0.39, 0.29) is 11.2 Å². The van der Waals surface area contributed by atoms with Crippen LogP contribution in [0.15, 0.2) is 36.7 Å². The number of hydrogen-bond donors (Lipinski definition) is 0. The van der Waals surface area contributed by atoms with E-state index in [0.29, 0.717) is 42.3 Å². The molecule has 0 saturated carbocycles. The Morgan fingerprint density at radius 1 is 0.946 bits per heavy atom. The maximum atomic E-state index is 13.2. The molecule has 2 aromatic rings. The molecule has 200 valence electrons. The molecule has 1 aromatic carbocycles. The third-order valence-corrected chi connectivity index (χ3v) is 10.9. The SMILES string of the molecule is Cc1ncnc(C)c1C(=O)N1CC2CN(CCC(c3ccccc3)C3CN(S(=O)(=O)C(C)C)C3)CC2C1. The van der Waals surface area contributed by atoms with Gasteiger partial charge in [-0.25, -0.2) is 22.7 Å². The second-order valence-corrected chi connectivity index (χ2v) is 13.9. The Hall–Kier alpha value is -2.36. The van der Waals surface area contributed by atoms with Crippen molar-refractivity contribution in [3.05, 3.63) is 59.2 Å². The summed E-state index contributed by atoms with van der Waals surface area (Å²) in [4.78, 5) is 26.2. The van der Waals surface area contributed by atoms with Crippen molar-refractivity contribution in [3.8, 4) is 0 Å². The maximum Gasteiger partial charge on any atom is 0.257 e. The monoisotopic (exact) mass is 525 g/mol. The van der Waals surface area contributed by atoms with E-state index in [0.717, 1.165) is 50.5 Å². The standard InChI is InChI=1S/C28H39N5O3S/c1-19(2)37(35,36)33-16-25(17-33)26(22-8-6-5-7-9-22)10-11-31-12-23-14-32(15-24(23)13-31)28(34)27-20(3)29-18-30-21(27)4/h5-9,18-19,23-26H,10-17H2,1-4H3. The number of fused-ring (bicyclic) bond motifs is 1. The number of sulfonamides is 1. The van der Waals surface area contributed by atoms with Gasteiger partial charge < -0.3 is 9.80 Å². The second kappa shape index (κ2) is 10.4. The lowest BCUT2D eigenvalue weighted by Crippen LogP contribution is -2.54. The average molecular weight is 526 g/mol. The molecule has 3 aliphatic heterocycles. The van der Waals surface area contributed by atoms with E-state index in [1.165, 1.54) is 11.9 Å². The zero-order chi connectivity index (χ0) is 26.3. The van der Waals surface area contributed by atoms with Crippen molar-refractivity contribution in [2.45, 2.75) is 45.3 Å². The molecule has 8 nitrogen and oxygen atoms in total. The summed E-state index contributed by atoms with van der Waals surface area (Å²) in [6, 6.07) is 10.6. The van der Waals surface area contributed by atoms with E-state index < -0.39 is 10.0 Å². The number of likely N-dealkylation sites (tertiary alicyclic amines) is 2. The van der Waals surface area contributed by atoms with E-state index in [9.17, 15) is 13.2 Å². The smallest absolute Gasteiger partial charge is 0.257 e. The highest BCUT2D eigenvalue weighted by molar-refractivity contribution is 7.89. The number of benzene rings is 1. The van der Waals surface area contributed by atoms with Crippen LogP contribution in [0.3, 0.4) is 0 Å². The molecule has 0 N–H and O–H groups in total. The molecule has 3 saturated heterocycles. The van der Waals surface area contributed by atoms with Crippen molar-refractivity contribution >= 4 is 15.9 Å². The summed E-state index contributed by atoms with van der Waals surface area (Å²) in [6.45, 7) is 13.1. The van der Waals surface area contributed by atoms with Crippen LogP contribution in [0.4, 0.5) is 0 Å². The number of aryl methyl sites for hydroxylation is 2. The van der Waals surface area contributed by atoms with Crippen LogP contribution in [0.2, 0.25) is 0 Å². The zero-order valence-corrected chi connectivity index (χ0v) is 23.2. The molecule has 3 atom stereocenters. The van der Waals surface area contributed by atoms with E-state index in [4.69, 9.17) is 0 Å². The fraction of sp³-hybridized carbons (Fsp3) is 0.607. The summed E-state index contributed by atoms with van der Waals surface area (Å²) < 4.78 is 26.8. The first-order valence-corrected chi connectivity index (χ1v) is 15.0. The van der Waals surface area contributed by atoms with E-state index in [1.807, 2.05) is 24.8 Å². The lowest BCUT2D eigenvalue weighted by Gasteiger charge is -2.43. The molecule has 0 aliphatic carbocycles. The third-order valence-electron chi connectivity index (χ3n) is 8.67. The normalized spacial score (nSPS) is 23.9. The number of hydrogen-bond acceptors (Lipinski definition) is 6. The molecule has 0 radical (unpaired) electrons. The fourth-order valence-corrected chi connectivity index (χ4v) is 7.82. The lowest BCUT2D eigenvalue weighted by molar-refractivity contribution is 0.0770. The predicted octanol–water partition coefficient (Wildman–Crippen LogP) is 2.94. The van der Waals surface area contributed by atoms with Gasteiger partial charge in [-0.05, 0) is 69.9 Å². The average Bonchev–Trinajstić information content (AvgIpc) is 3.39. The van der Waals surface area contributed by atoms with Crippen LogP contribution in [0.1, 0.15) is 53.5 Å². The van der Waals surface area contributed by atoms with Crippen LogP contribution >= 0.6 is 0 Å². The van der Waals surface area contributed by atoms with Gasteiger partial charge in [0.2, 0.25) is 10.0 Å². The maximum absolute atomic E-state index is 13.2. The molecule has 0 bridgehead atoms. The lowest BCUT2D eigenvalue weighted by atomic mass is 9.80. The summed E-state index contributed by atoms with van der Waals surface area (Å²) >= 11 is 0. The number of carbonyl (C=O) groups excluding carboxylic acids is 1. The van der Waals surface area contributed by atoms with Gasteiger partial charge in [0.15, 0.2) is 0 Å². The summed E-state index contributed by atoms with van der Waals surface area (Å²) in [5, 5.41) is -0.374. The van der Waals surface area contributed by atoms with Crippen molar-refractivity contribution in [3.63, 3.8) is 0 Å². The number of nitrogens with zero attached hydrogens (tertiary/aromatic N) is 5. The summed E-state index contributed by atoms with van der Waals surface area (Å²) in [5.41, 5.74) is 3.46. The van der Waals surface area contributed by atoms with Gasteiger partial charge in [-0.15, -0.1) is 0 Å². The van der Waals surface area contributed by atoms with E-state index >= 15 is 0 Å². The van der Waals surface area contributed by atoms with Crippen molar-refractivity contribution in [2.75, 3.05) is 45.8 Å².